The van der Waals surface area contributed by atoms with Gasteiger partial charge in [-0.05, 0) is 43.2 Å². The van der Waals surface area contributed by atoms with Gasteiger partial charge in [0, 0.05) is 18.0 Å². The molecule has 2 heterocycles. The molecule has 0 saturated heterocycles. The second-order valence-electron chi connectivity index (χ2n) is 5.75. The third-order valence-electron chi connectivity index (χ3n) is 3.75. The van der Waals surface area contributed by atoms with E-state index in [1.165, 1.54) is 0 Å². The van der Waals surface area contributed by atoms with E-state index in [1.807, 2.05) is 6.92 Å². The fourth-order valence-electron chi connectivity index (χ4n) is 2.62. The van der Waals surface area contributed by atoms with Crippen LogP contribution in [0, 0.1) is 0 Å². The number of hydrogen-bond donors (Lipinski definition) is 1. The third kappa shape index (κ3) is 4.49. The van der Waals surface area contributed by atoms with Crippen molar-refractivity contribution in [3.8, 4) is 5.88 Å². The fraction of sp³-hybridized carbons (Fsp3) is 0.529. The van der Waals surface area contributed by atoms with E-state index in [0.717, 1.165) is 34.9 Å². The Kier molecular flexibility index (Phi) is 6.50. The molecule has 2 aromatic heterocycles. The summed E-state index contributed by atoms with van der Waals surface area (Å²) in [4.78, 5) is 8.55. The van der Waals surface area contributed by atoms with Crippen LogP contribution in [-0.4, -0.2) is 33.7 Å². The van der Waals surface area contributed by atoms with E-state index in [4.69, 9.17) is 16.3 Å². The zero-order valence-electron chi connectivity index (χ0n) is 13.8. The van der Waals surface area contributed by atoms with Crippen molar-refractivity contribution in [2.75, 3.05) is 18.6 Å². The van der Waals surface area contributed by atoms with Crippen LogP contribution in [-0.2, 0) is 5.60 Å². The predicted octanol–water partition coefficient (Wildman–Crippen LogP) is 4.42. The molecule has 23 heavy (non-hydrogen) atoms. The molecule has 0 saturated carbocycles. The van der Waals surface area contributed by atoms with Gasteiger partial charge in [0.15, 0.2) is 0 Å². The predicted molar refractivity (Wildman–Crippen MR) is 97.5 cm³/mol. The highest BCUT2D eigenvalue weighted by atomic mass is 35.5. The maximum Gasteiger partial charge on any atom is 0.222 e. The van der Waals surface area contributed by atoms with Crippen LogP contribution >= 0.6 is 23.4 Å². The van der Waals surface area contributed by atoms with Gasteiger partial charge in [-0.2, -0.15) is 11.8 Å². The molecule has 0 aliphatic carbocycles. The van der Waals surface area contributed by atoms with Crippen molar-refractivity contribution in [3.05, 3.63) is 29.2 Å². The molecule has 2 aromatic rings. The molecular weight excluding hydrogens is 332 g/mol. The van der Waals surface area contributed by atoms with Gasteiger partial charge >= 0.3 is 0 Å². The maximum atomic E-state index is 10.8. The Balaban J connectivity index is 2.42. The van der Waals surface area contributed by atoms with Gasteiger partial charge < -0.3 is 9.84 Å². The number of aliphatic hydroxyl groups is 1. The van der Waals surface area contributed by atoms with Gasteiger partial charge in [-0.25, -0.2) is 9.97 Å². The van der Waals surface area contributed by atoms with Crippen molar-refractivity contribution in [2.24, 2.45) is 0 Å². The van der Waals surface area contributed by atoms with Crippen LogP contribution in [0.1, 0.15) is 38.7 Å². The third-order valence-corrected chi connectivity index (χ3v) is 4.65. The first-order chi connectivity index (χ1) is 11.0. The molecule has 1 N–H and O–H groups in total. The van der Waals surface area contributed by atoms with Crippen LogP contribution in [0.25, 0.3) is 10.8 Å². The quantitative estimate of drug-likeness (QED) is 0.561. The van der Waals surface area contributed by atoms with Gasteiger partial charge in [0.05, 0.1) is 17.6 Å². The molecule has 1 unspecified atom stereocenters. The highest BCUT2D eigenvalue weighted by Crippen LogP contribution is 2.35. The van der Waals surface area contributed by atoms with Gasteiger partial charge in [-0.3, -0.25) is 0 Å². The summed E-state index contributed by atoms with van der Waals surface area (Å²) in [6.07, 6.45) is 7.92. The van der Waals surface area contributed by atoms with E-state index >= 15 is 0 Å². The van der Waals surface area contributed by atoms with Crippen LogP contribution in [0.5, 0.6) is 5.88 Å². The summed E-state index contributed by atoms with van der Waals surface area (Å²) in [5, 5.41) is 12.8. The number of fused-ring (bicyclic) bond motifs is 1. The number of ether oxygens (including phenoxy) is 1. The number of hydrogen-bond acceptors (Lipinski definition) is 5. The van der Waals surface area contributed by atoms with E-state index in [0.29, 0.717) is 24.1 Å². The van der Waals surface area contributed by atoms with E-state index in [9.17, 15) is 5.11 Å². The summed E-state index contributed by atoms with van der Waals surface area (Å²) >= 11 is 7.85. The summed E-state index contributed by atoms with van der Waals surface area (Å²) < 4.78 is 5.80. The van der Waals surface area contributed by atoms with E-state index < -0.39 is 5.60 Å². The Morgan fingerprint density at radius 1 is 1.30 bits per heavy atom. The van der Waals surface area contributed by atoms with Crippen LogP contribution in [0.4, 0.5) is 0 Å². The summed E-state index contributed by atoms with van der Waals surface area (Å²) in [5.41, 5.74) is -0.197. The Hall–Kier alpha value is -1.04. The number of thioether (sulfide) groups is 1. The lowest BCUT2D eigenvalue weighted by atomic mass is 9.89. The maximum absolute atomic E-state index is 10.8. The first-order valence-corrected chi connectivity index (χ1v) is 9.55. The Bertz CT molecular complexity index is 664. The summed E-state index contributed by atoms with van der Waals surface area (Å²) in [7, 11) is 0. The highest BCUT2D eigenvalue weighted by molar-refractivity contribution is 7.98. The molecule has 0 aliphatic rings. The molecule has 0 aliphatic heterocycles. The molecule has 0 spiro atoms. The van der Waals surface area contributed by atoms with Crippen LogP contribution in [0.3, 0.4) is 0 Å². The Morgan fingerprint density at radius 3 is 2.78 bits per heavy atom. The zero-order valence-corrected chi connectivity index (χ0v) is 15.4. The standard InChI is InChI=1S/C17H23ClN2O2S/c1-4-6-17(2,21)14-11-20-16(22-7-5-8-23-3)13-10-19-15(18)9-12(13)14/h9-11,21H,4-8H2,1-3H3. The van der Waals surface area contributed by atoms with E-state index in [2.05, 4.69) is 16.2 Å². The largest absolute Gasteiger partial charge is 0.477 e. The molecule has 4 nitrogen and oxygen atoms in total. The zero-order chi connectivity index (χ0) is 16.9. The van der Waals surface area contributed by atoms with Crippen molar-refractivity contribution in [1.29, 1.82) is 0 Å². The van der Waals surface area contributed by atoms with Crippen LogP contribution < -0.4 is 4.74 Å². The number of halogens is 1. The van der Waals surface area contributed by atoms with Crippen LogP contribution in [0.2, 0.25) is 5.15 Å². The van der Waals surface area contributed by atoms with Crippen molar-refractivity contribution >= 4 is 34.1 Å². The molecular formula is C17H23ClN2O2S. The van der Waals surface area contributed by atoms with E-state index in [1.54, 1.807) is 37.1 Å². The minimum Gasteiger partial charge on any atom is -0.477 e. The highest BCUT2D eigenvalue weighted by Gasteiger charge is 2.26. The Morgan fingerprint density at radius 2 is 2.09 bits per heavy atom. The van der Waals surface area contributed by atoms with Gasteiger partial charge in [0.1, 0.15) is 5.15 Å². The summed E-state index contributed by atoms with van der Waals surface area (Å²) in [6, 6.07) is 1.77. The average Bonchev–Trinajstić information content (AvgIpc) is 2.50. The SMILES string of the molecule is CCCC(C)(O)c1cnc(OCCCSC)c2cnc(Cl)cc12. The minimum absolute atomic E-state index is 0.394. The monoisotopic (exact) mass is 354 g/mol. The van der Waals surface area contributed by atoms with Crippen molar-refractivity contribution in [1.82, 2.24) is 9.97 Å². The van der Waals surface area contributed by atoms with Gasteiger partial charge in [-0.15, -0.1) is 0 Å². The van der Waals surface area contributed by atoms with Crippen molar-refractivity contribution in [2.45, 2.75) is 38.7 Å². The lowest BCUT2D eigenvalue weighted by molar-refractivity contribution is 0.0481. The summed E-state index contributed by atoms with van der Waals surface area (Å²) in [5.74, 6) is 1.59. The van der Waals surface area contributed by atoms with E-state index in [-0.39, 0.29) is 0 Å². The second kappa shape index (κ2) is 8.18. The molecule has 0 amide bonds. The second-order valence-corrected chi connectivity index (χ2v) is 7.12. The first-order valence-electron chi connectivity index (χ1n) is 7.78. The number of rotatable bonds is 8. The van der Waals surface area contributed by atoms with Gasteiger partial charge in [-0.1, -0.05) is 24.9 Å². The molecule has 0 bridgehead atoms. The molecule has 6 heteroatoms. The van der Waals surface area contributed by atoms with Gasteiger partial charge in [0.2, 0.25) is 5.88 Å². The normalized spacial score (nSPS) is 14.0. The minimum atomic E-state index is -0.956. The lowest BCUT2D eigenvalue weighted by Crippen LogP contribution is -2.21. The summed E-state index contributed by atoms with van der Waals surface area (Å²) in [6.45, 7) is 4.46. The number of nitrogens with zero attached hydrogens (tertiary/aromatic N) is 2. The lowest BCUT2D eigenvalue weighted by Gasteiger charge is -2.25. The topological polar surface area (TPSA) is 55.2 Å². The smallest absolute Gasteiger partial charge is 0.222 e. The number of aromatic nitrogens is 2. The Labute approximate surface area is 146 Å². The molecule has 0 fully saturated rings. The first kappa shape index (κ1) is 18.3. The molecule has 1 atom stereocenters. The number of pyridine rings is 2. The molecule has 0 aromatic carbocycles. The van der Waals surface area contributed by atoms with Crippen molar-refractivity contribution < 1.29 is 9.84 Å². The van der Waals surface area contributed by atoms with Crippen molar-refractivity contribution in [3.63, 3.8) is 0 Å². The average molecular weight is 355 g/mol. The molecule has 0 radical (unpaired) electrons. The van der Waals surface area contributed by atoms with Gasteiger partial charge in [0.25, 0.3) is 0 Å². The van der Waals surface area contributed by atoms with Crippen LogP contribution in [0.15, 0.2) is 18.5 Å². The molecule has 2 rings (SSSR count). The fourth-order valence-corrected chi connectivity index (χ4v) is 3.19. The molecule has 126 valence electrons.